The Kier molecular flexibility index (Phi) is 4.81. The topological polar surface area (TPSA) is 65.4 Å². The van der Waals surface area contributed by atoms with Crippen LogP contribution in [0.1, 0.15) is 5.69 Å². The first-order valence-corrected chi connectivity index (χ1v) is 8.17. The Hall–Kier alpha value is -2.80. The predicted molar refractivity (Wildman–Crippen MR) is 93.3 cm³/mol. The van der Waals surface area contributed by atoms with E-state index in [1.165, 1.54) is 11.3 Å². The molecule has 3 rings (SSSR count). The number of rotatable bonds is 6. The summed E-state index contributed by atoms with van der Waals surface area (Å²) < 4.78 is 12.3. The van der Waals surface area contributed by atoms with Crippen molar-refractivity contribution in [3.63, 3.8) is 0 Å². The summed E-state index contributed by atoms with van der Waals surface area (Å²) in [6, 6.07) is 9.12. The molecule has 0 aliphatic rings. The molecule has 1 N–H and O–H groups in total. The Bertz CT molecular complexity index is 827. The number of thiazole rings is 1. The van der Waals surface area contributed by atoms with Gasteiger partial charge in [-0.1, -0.05) is 0 Å². The lowest BCUT2D eigenvalue weighted by molar-refractivity contribution is -0.115. The molecule has 24 heavy (non-hydrogen) atoms. The zero-order valence-corrected chi connectivity index (χ0v) is 14.2. The molecule has 0 unspecified atom stereocenters. The van der Waals surface area contributed by atoms with Gasteiger partial charge in [-0.25, -0.2) is 4.98 Å². The summed E-state index contributed by atoms with van der Waals surface area (Å²) in [5.74, 6) is 1.05. The fourth-order valence-electron chi connectivity index (χ4n) is 2.24. The lowest BCUT2D eigenvalue weighted by atomic mass is 10.2. The largest absolute Gasteiger partial charge is 0.493 e. The van der Waals surface area contributed by atoms with Crippen LogP contribution in [0, 0.1) is 0 Å². The van der Waals surface area contributed by atoms with E-state index in [2.05, 4.69) is 10.3 Å². The van der Waals surface area contributed by atoms with E-state index in [0.717, 1.165) is 10.8 Å². The highest BCUT2D eigenvalue weighted by atomic mass is 32.1. The second-order valence-electron chi connectivity index (χ2n) is 5.01. The van der Waals surface area contributed by atoms with E-state index in [-0.39, 0.29) is 12.3 Å². The van der Waals surface area contributed by atoms with Gasteiger partial charge in [0.25, 0.3) is 0 Å². The molecule has 2 aromatic heterocycles. The molecule has 0 atom stereocenters. The third-order valence-electron chi connectivity index (χ3n) is 3.37. The number of benzene rings is 1. The zero-order valence-electron chi connectivity index (χ0n) is 13.4. The molecule has 3 aromatic rings. The van der Waals surface area contributed by atoms with Gasteiger partial charge in [0.1, 0.15) is 0 Å². The number of anilines is 1. The fraction of sp³-hybridized carbons (Fsp3) is 0.176. The van der Waals surface area contributed by atoms with Gasteiger partial charge in [0, 0.05) is 29.5 Å². The third kappa shape index (κ3) is 3.57. The molecule has 0 fully saturated rings. The van der Waals surface area contributed by atoms with Crippen molar-refractivity contribution >= 4 is 22.9 Å². The molecule has 6 nitrogen and oxygen atoms in total. The van der Waals surface area contributed by atoms with Crippen LogP contribution in [0.25, 0.3) is 5.13 Å². The van der Waals surface area contributed by atoms with Crippen LogP contribution < -0.4 is 14.8 Å². The molecular weight excluding hydrogens is 326 g/mol. The zero-order chi connectivity index (χ0) is 16.9. The Morgan fingerprint density at radius 2 is 1.96 bits per heavy atom. The maximum atomic E-state index is 12.2. The average Bonchev–Trinajstić information content (AvgIpc) is 3.25. The van der Waals surface area contributed by atoms with Gasteiger partial charge in [-0.15, -0.1) is 11.3 Å². The van der Waals surface area contributed by atoms with Gasteiger partial charge in [0.15, 0.2) is 16.6 Å². The number of carbonyl (C=O) groups excluding carboxylic acids is 1. The van der Waals surface area contributed by atoms with Crippen LogP contribution in [-0.4, -0.2) is 29.7 Å². The molecule has 7 heteroatoms. The van der Waals surface area contributed by atoms with Crippen LogP contribution >= 0.6 is 11.3 Å². The molecule has 2 heterocycles. The van der Waals surface area contributed by atoms with E-state index >= 15 is 0 Å². The summed E-state index contributed by atoms with van der Waals surface area (Å²) in [6.07, 6.45) is 4.06. The highest BCUT2D eigenvalue weighted by molar-refractivity contribution is 7.12. The third-order valence-corrected chi connectivity index (χ3v) is 4.28. The van der Waals surface area contributed by atoms with Crippen LogP contribution in [0.3, 0.4) is 0 Å². The number of carbonyl (C=O) groups is 1. The van der Waals surface area contributed by atoms with Crippen molar-refractivity contribution in [3.8, 4) is 16.6 Å². The Morgan fingerprint density at radius 1 is 1.21 bits per heavy atom. The van der Waals surface area contributed by atoms with Gasteiger partial charge in [-0.3, -0.25) is 4.79 Å². The molecule has 0 saturated carbocycles. The van der Waals surface area contributed by atoms with Crippen molar-refractivity contribution in [1.82, 2.24) is 9.55 Å². The molecule has 0 aliphatic carbocycles. The average molecular weight is 343 g/mol. The number of ether oxygens (including phenoxy) is 2. The minimum absolute atomic E-state index is 0.133. The number of methoxy groups -OCH3 is 2. The molecule has 1 amide bonds. The normalized spacial score (nSPS) is 10.4. The van der Waals surface area contributed by atoms with E-state index in [1.54, 1.807) is 32.4 Å². The van der Waals surface area contributed by atoms with Crippen LogP contribution in [-0.2, 0) is 11.2 Å². The van der Waals surface area contributed by atoms with Gasteiger partial charge >= 0.3 is 0 Å². The van der Waals surface area contributed by atoms with E-state index in [0.29, 0.717) is 17.2 Å². The van der Waals surface area contributed by atoms with Crippen LogP contribution in [0.15, 0.2) is 48.1 Å². The van der Waals surface area contributed by atoms with Crippen molar-refractivity contribution in [1.29, 1.82) is 0 Å². The van der Waals surface area contributed by atoms with Gasteiger partial charge in [-0.2, -0.15) is 0 Å². The van der Waals surface area contributed by atoms with Gasteiger partial charge < -0.3 is 19.4 Å². The minimum atomic E-state index is -0.133. The Balaban J connectivity index is 1.65. The van der Waals surface area contributed by atoms with E-state index < -0.39 is 0 Å². The van der Waals surface area contributed by atoms with Gasteiger partial charge in [0.05, 0.1) is 26.3 Å². The van der Waals surface area contributed by atoms with Crippen molar-refractivity contribution in [2.75, 3.05) is 19.5 Å². The van der Waals surface area contributed by atoms with Crippen molar-refractivity contribution in [2.45, 2.75) is 6.42 Å². The molecule has 0 aliphatic heterocycles. The molecule has 1 aromatic carbocycles. The van der Waals surface area contributed by atoms with Crippen LogP contribution in [0.2, 0.25) is 0 Å². The second kappa shape index (κ2) is 7.18. The Morgan fingerprint density at radius 3 is 2.67 bits per heavy atom. The van der Waals surface area contributed by atoms with E-state index in [9.17, 15) is 4.79 Å². The van der Waals surface area contributed by atoms with Gasteiger partial charge in [-0.05, 0) is 24.3 Å². The molecule has 0 radical (unpaired) electrons. The summed E-state index contributed by atoms with van der Waals surface area (Å²) in [5, 5.41) is 5.58. The first-order valence-electron chi connectivity index (χ1n) is 7.29. The lowest BCUT2D eigenvalue weighted by Crippen LogP contribution is -2.14. The molecule has 0 saturated heterocycles. The summed E-state index contributed by atoms with van der Waals surface area (Å²) in [4.78, 5) is 16.7. The Labute approximate surface area is 143 Å². The van der Waals surface area contributed by atoms with E-state index in [1.807, 2.05) is 34.5 Å². The number of aromatic nitrogens is 2. The SMILES string of the molecule is COc1ccc(NC(=O)Cc2csc(-n3cccc3)n2)cc1OC. The monoisotopic (exact) mass is 343 g/mol. The molecule has 0 bridgehead atoms. The molecular formula is C17H17N3O3S. The standard InChI is InChI=1S/C17H17N3O3S/c1-22-14-6-5-12(9-15(14)23-2)18-16(21)10-13-11-24-17(19-13)20-7-3-4-8-20/h3-9,11H,10H2,1-2H3,(H,18,21). The number of amides is 1. The molecule has 124 valence electrons. The van der Waals surface area contributed by atoms with Crippen molar-refractivity contribution in [3.05, 3.63) is 53.8 Å². The first-order chi connectivity index (χ1) is 11.7. The summed E-state index contributed by atoms with van der Waals surface area (Å²) in [6.45, 7) is 0. The molecule has 0 spiro atoms. The number of hydrogen-bond donors (Lipinski definition) is 1. The lowest BCUT2D eigenvalue weighted by Gasteiger charge is -2.10. The van der Waals surface area contributed by atoms with Gasteiger partial charge in [0.2, 0.25) is 5.91 Å². The highest BCUT2D eigenvalue weighted by Gasteiger charge is 2.11. The predicted octanol–water partition coefficient (Wildman–Crippen LogP) is 3.13. The number of nitrogens with one attached hydrogen (secondary N) is 1. The number of nitrogens with zero attached hydrogens (tertiary/aromatic N) is 2. The first kappa shape index (κ1) is 16.1. The van der Waals surface area contributed by atoms with Crippen molar-refractivity contribution in [2.24, 2.45) is 0 Å². The van der Waals surface area contributed by atoms with Crippen molar-refractivity contribution < 1.29 is 14.3 Å². The summed E-state index contributed by atoms with van der Waals surface area (Å²) >= 11 is 1.50. The van der Waals surface area contributed by atoms with Crippen LogP contribution in [0.5, 0.6) is 11.5 Å². The maximum absolute atomic E-state index is 12.2. The second-order valence-corrected chi connectivity index (χ2v) is 5.84. The van der Waals surface area contributed by atoms with Crippen LogP contribution in [0.4, 0.5) is 5.69 Å². The maximum Gasteiger partial charge on any atom is 0.230 e. The summed E-state index contributed by atoms with van der Waals surface area (Å²) in [5.41, 5.74) is 1.39. The van der Waals surface area contributed by atoms with E-state index in [4.69, 9.17) is 9.47 Å². The highest BCUT2D eigenvalue weighted by Crippen LogP contribution is 2.29. The fourth-order valence-corrected chi connectivity index (χ4v) is 3.03. The minimum Gasteiger partial charge on any atom is -0.493 e. The quantitative estimate of drug-likeness (QED) is 0.747. The smallest absolute Gasteiger partial charge is 0.230 e. The number of hydrogen-bond acceptors (Lipinski definition) is 5. The summed E-state index contributed by atoms with van der Waals surface area (Å²) in [7, 11) is 3.13.